The highest BCUT2D eigenvalue weighted by molar-refractivity contribution is 6.03. The zero-order chi connectivity index (χ0) is 24.5. The third-order valence-electron chi connectivity index (χ3n) is 5.10. The van der Waals surface area contributed by atoms with Crippen molar-refractivity contribution in [2.75, 3.05) is 45.4 Å². The van der Waals surface area contributed by atoms with Crippen molar-refractivity contribution in [3.63, 3.8) is 0 Å². The van der Waals surface area contributed by atoms with E-state index in [1.54, 1.807) is 31.4 Å². The molecule has 0 aliphatic rings. The molecule has 2 aromatic carbocycles. The van der Waals surface area contributed by atoms with Gasteiger partial charge in [-0.3, -0.25) is 10.7 Å². The summed E-state index contributed by atoms with van der Waals surface area (Å²) in [5.74, 6) is 1.94. The van der Waals surface area contributed by atoms with Crippen LogP contribution in [0.15, 0.2) is 54.7 Å². The van der Waals surface area contributed by atoms with Crippen LogP contribution in [0.1, 0.15) is 5.56 Å². The molecule has 0 aliphatic carbocycles. The van der Waals surface area contributed by atoms with Crippen LogP contribution in [-0.4, -0.2) is 51.2 Å². The van der Waals surface area contributed by atoms with E-state index in [1.807, 2.05) is 24.3 Å². The molecule has 0 saturated carbocycles. The van der Waals surface area contributed by atoms with Gasteiger partial charge in [0.15, 0.2) is 17.3 Å². The summed E-state index contributed by atoms with van der Waals surface area (Å²) in [4.78, 5) is 19.0. The summed E-state index contributed by atoms with van der Waals surface area (Å²) < 4.78 is 21.6. The summed E-state index contributed by atoms with van der Waals surface area (Å²) >= 11 is 0. The van der Waals surface area contributed by atoms with E-state index in [4.69, 9.17) is 18.9 Å². The van der Waals surface area contributed by atoms with Gasteiger partial charge in [-0.2, -0.15) is 0 Å². The Balaban J connectivity index is 1.95. The lowest BCUT2D eigenvalue weighted by atomic mass is 10.1. The predicted octanol–water partition coefficient (Wildman–Crippen LogP) is 4.01. The number of carbonyl (C=O) groups is 1. The molecular weight excluding hydrogens is 440 g/mol. The first-order valence-corrected chi connectivity index (χ1v) is 10.4. The molecule has 0 saturated heterocycles. The fraction of sp³-hybridized carbons (Fsp3) is 0.250. The number of urea groups is 1. The number of rotatable bonds is 10. The van der Waals surface area contributed by atoms with Crippen molar-refractivity contribution in [2.45, 2.75) is 6.42 Å². The van der Waals surface area contributed by atoms with Crippen LogP contribution in [0.3, 0.4) is 0 Å². The number of pyridine rings is 1. The maximum atomic E-state index is 13.4. The molecule has 10 heteroatoms. The predicted molar refractivity (Wildman–Crippen MR) is 128 cm³/mol. The summed E-state index contributed by atoms with van der Waals surface area (Å²) in [6, 6.07) is 13.7. The number of hydrogen-bond donors (Lipinski definition) is 3. The highest BCUT2D eigenvalue weighted by Crippen LogP contribution is 2.46. The molecule has 0 fully saturated rings. The van der Waals surface area contributed by atoms with Gasteiger partial charge >= 0.3 is 6.03 Å². The molecule has 3 rings (SSSR count). The van der Waals surface area contributed by atoms with Crippen LogP contribution in [0, 0.1) is 0 Å². The lowest BCUT2D eigenvalue weighted by Gasteiger charge is -2.26. The molecule has 0 unspecified atom stereocenters. The van der Waals surface area contributed by atoms with Crippen LogP contribution in [-0.2, 0) is 6.42 Å². The Bertz CT molecular complexity index is 1110. The number of methoxy groups -OCH3 is 4. The first kappa shape index (κ1) is 24.5. The first-order valence-electron chi connectivity index (χ1n) is 10.4. The number of aromatic nitrogens is 1. The third kappa shape index (κ3) is 5.24. The van der Waals surface area contributed by atoms with Crippen molar-refractivity contribution >= 4 is 23.2 Å². The molecule has 3 N–H and O–H groups in total. The van der Waals surface area contributed by atoms with Crippen LogP contribution >= 0.6 is 0 Å². The van der Waals surface area contributed by atoms with Crippen molar-refractivity contribution in [3.8, 4) is 23.0 Å². The smallest absolute Gasteiger partial charge is 0.327 e. The van der Waals surface area contributed by atoms with Crippen molar-refractivity contribution in [2.24, 2.45) is 0 Å². The summed E-state index contributed by atoms with van der Waals surface area (Å²) in [5.41, 5.74) is 3.69. The average Bonchev–Trinajstić information content (AvgIpc) is 2.89. The molecule has 0 radical (unpaired) electrons. The van der Waals surface area contributed by atoms with Gasteiger partial charge in [-0.25, -0.2) is 14.7 Å². The van der Waals surface area contributed by atoms with Crippen LogP contribution in [0.5, 0.6) is 23.0 Å². The number of amides is 2. The molecule has 1 heterocycles. The number of ether oxygens (including phenoxy) is 4. The Morgan fingerprint density at radius 3 is 2.29 bits per heavy atom. The van der Waals surface area contributed by atoms with Gasteiger partial charge in [0.1, 0.15) is 11.4 Å². The molecule has 0 spiro atoms. The van der Waals surface area contributed by atoms with E-state index in [0.717, 1.165) is 11.3 Å². The Morgan fingerprint density at radius 1 is 0.941 bits per heavy atom. The minimum Gasteiger partial charge on any atom is -0.497 e. The van der Waals surface area contributed by atoms with Crippen molar-refractivity contribution in [3.05, 3.63) is 60.3 Å². The number of benzene rings is 2. The molecule has 0 bridgehead atoms. The topological polar surface area (TPSA) is 114 Å². The molecule has 3 aromatic rings. The van der Waals surface area contributed by atoms with E-state index in [0.29, 0.717) is 30.2 Å². The second-order valence-electron chi connectivity index (χ2n) is 7.01. The lowest BCUT2D eigenvalue weighted by Crippen LogP contribution is -2.39. The number of hydrogen-bond acceptors (Lipinski definition) is 8. The molecular formula is C24H28N4O6. The molecule has 180 valence electrons. The second kappa shape index (κ2) is 11.6. The lowest BCUT2D eigenvalue weighted by molar-refractivity contribution is 0.248. The third-order valence-corrected chi connectivity index (χ3v) is 5.10. The summed E-state index contributed by atoms with van der Waals surface area (Å²) in [5, 5.41) is 12.5. The van der Waals surface area contributed by atoms with E-state index < -0.39 is 6.03 Å². The number of nitrogens with zero attached hydrogens (tertiary/aromatic N) is 2. The molecule has 2 amide bonds. The zero-order valence-electron chi connectivity index (χ0n) is 19.5. The number of nitrogens with one attached hydrogen (secondary N) is 2. The Morgan fingerprint density at radius 2 is 1.68 bits per heavy atom. The molecule has 0 atom stereocenters. The maximum Gasteiger partial charge on any atom is 0.327 e. The first-order chi connectivity index (χ1) is 16.6. The second-order valence-corrected chi connectivity index (χ2v) is 7.01. The average molecular weight is 469 g/mol. The minimum atomic E-state index is -0.478. The van der Waals surface area contributed by atoms with Gasteiger partial charge in [-0.05, 0) is 48.4 Å². The van der Waals surface area contributed by atoms with Gasteiger partial charge in [-0.1, -0.05) is 12.1 Å². The quantitative estimate of drug-likeness (QED) is 0.383. The summed E-state index contributed by atoms with van der Waals surface area (Å²) in [6.45, 7) is 0.353. The van der Waals surface area contributed by atoms with Gasteiger partial charge < -0.3 is 24.3 Å². The normalized spacial score (nSPS) is 10.3. The standard InChI is InChI=1S/C24H28N4O6/c1-31-17-9-7-16(8-10-17)13-15-26-24(29)28(23-18(27-30)6-5-14-25-23)19-11-12-20(32-2)22(34-4)21(19)33-3/h5-12,14,27,30H,13,15H2,1-4H3,(H,26,29). The molecule has 10 nitrogen and oxygen atoms in total. The zero-order valence-corrected chi connectivity index (χ0v) is 19.5. The van der Waals surface area contributed by atoms with Gasteiger partial charge in [-0.15, -0.1) is 0 Å². The monoisotopic (exact) mass is 468 g/mol. The van der Waals surface area contributed by atoms with E-state index in [-0.39, 0.29) is 17.3 Å². The van der Waals surface area contributed by atoms with Gasteiger partial charge in [0.05, 0.1) is 34.1 Å². The number of anilines is 3. The minimum absolute atomic E-state index is 0.164. The van der Waals surface area contributed by atoms with Crippen LogP contribution in [0.25, 0.3) is 0 Å². The highest BCUT2D eigenvalue weighted by Gasteiger charge is 2.28. The maximum absolute atomic E-state index is 13.4. The van der Waals surface area contributed by atoms with E-state index >= 15 is 0 Å². The van der Waals surface area contributed by atoms with Gasteiger partial charge in [0.2, 0.25) is 5.75 Å². The Kier molecular flexibility index (Phi) is 8.36. The van der Waals surface area contributed by atoms with Gasteiger partial charge in [0.25, 0.3) is 0 Å². The van der Waals surface area contributed by atoms with E-state index in [1.165, 1.54) is 32.4 Å². The van der Waals surface area contributed by atoms with Crippen molar-refractivity contribution in [1.29, 1.82) is 0 Å². The fourth-order valence-corrected chi connectivity index (χ4v) is 3.43. The SMILES string of the molecule is COc1ccc(CCNC(=O)N(c2ccc(OC)c(OC)c2OC)c2ncccc2NO)cc1. The fourth-order valence-electron chi connectivity index (χ4n) is 3.43. The van der Waals surface area contributed by atoms with Crippen LogP contribution < -0.4 is 34.6 Å². The number of carbonyl (C=O) groups excluding carboxylic acids is 1. The van der Waals surface area contributed by atoms with Crippen molar-refractivity contribution < 1.29 is 28.9 Å². The largest absolute Gasteiger partial charge is 0.497 e. The van der Waals surface area contributed by atoms with E-state index in [9.17, 15) is 10.0 Å². The highest BCUT2D eigenvalue weighted by atomic mass is 16.5. The Hall–Kier alpha value is -4.18. The molecule has 1 aromatic heterocycles. The van der Waals surface area contributed by atoms with E-state index in [2.05, 4.69) is 15.8 Å². The summed E-state index contributed by atoms with van der Waals surface area (Å²) in [6.07, 6.45) is 2.11. The molecule has 0 aliphatic heterocycles. The van der Waals surface area contributed by atoms with Crippen LogP contribution in [0.4, 0.5) is 22.0 Å². The Labute approximate surface area is 198 Å². The summed E-state index contributed by atoms with van der Waals surface area (Å²) in [7, 11) is 6.06. The van der Waals surface area contributed by atoms with Gasteiger partial charge in [0, 0.05) is 12.7 Å². The van der Waals surface area contributed by atoms with Crippen LogP contribution in [0.2, 0.25) is 0 Å². The van der Waals surface area contributed by atoms with Crippen molar-refractivity contribution in [1.82, 2.24) is 10.3 Å². The molecule has 34 heavy (non-hydrogen) atoms.